The van der Waals surface area contributed by atoms with E-state index in [9.17, 15) is 18.8 Å². The molecule has 1 fully saturated rings. The molecule has 178 valence electrons. The first-order valence-electron chi connectivity index (χ1n) is 11.4. The topological polar surface area (TPSA) is 79.0 Å². The third-order valence-corrected chi connectivity index (χ3v) is 6.46. The number of nitrogens with one attached hydrogen (secondary N) is 1. The van der Waals surface area contributed by atoms with Gasteiger partial charge in [-0.15, -0.1) is 0 Å². The van der Waals surface area contributed by atoms with Gasteiger partial charge in [0, 0.05) is 23.9 Å². The van der Waals surface area contributed by atoms with E-state index in [2.05, 4.69) is 5.32 Å². The Labute approximate surface area is 202 Å². The van der Waals surface area contributed by atoms with Gasteiger partial charge in [-0.05, 0) is 54.8 Å². The quantitative estimate of drug-likeness (QED) is 0.601. The van der Waals surface area contributed by atoms with Gasteiger partial charge < -0.3 is 19.9 Å². The summed E-state index contributed by atoms with van der Waals surface area (Å²) in [5.41, 5.74) is 2.65. The molecule has 0 bridgehead atoms. The van der Waals surface area contributed by atoms with E-state index >= 15 is 0 Å². The SMILES string of the molecule is COc1ccc(NC(=O)c2ccc(CN3C(=O)[C@@H]4CCCN4C(=O)c4ccccc43)cc2)cc1F. The third kappa shape index (κ3) is 4.23. The number of anilines is 2. The van der Waals surface area contributed by atoms with Crippen molar-refractivity contribution in [2.75, 3.05) is 23.9 Å². The van der Waals surface area contributed by atoms with E-state index in [1.165, 1.54) is 19.2 Å². The molecule has 0 radical (unpaired) electrons. The normalized spacial score (nSPS) is 17.0. The Balaban J connectivity index is 1.35. The average Bonchev–Trinajstić information content (AvgIpc) is 3.34. The summed E-state index contributed by atoms with van der Waals surface area (Å²) < 4.78 is 18.8. The van der Waals surface area contributed by atoms with Crippen molar-refractivity contribution >= 4 is 29.1 Å². The molecule has 2 heterocycles. The van der Waals surface area contributed by atoms with E-state index in [1.54, 1.807) is 58.3 Å². The summed E-state index contributed by atoms with van der Waals surface area (Å²) in [6.07, 6.45) is 1.46. The molecule has 35 heavy (non-hydrogen) atoms. The Bertz CT molecular complexity index is 1310. The van der Waals surface area contributed by atoms with Crippen molar-refractivity contribution in [2.45, 2.75) is 25.4 Å². The molecule has 1 saturated heterocycles. The Morgan fingerprint density at radius 3 is 2.60 bits per heavy atom. The van der Waals surface area contributed by atoms with Gasteiger partial charge in [0.25, 0.3) is 11.8 Å². The van der Waals surface area contributed by atoms with Crippen LogP contribution >= 0.6 is 0 Å². The summed E-state index contributed by atoms with van der Waals surface area (Å²) in [5.74, 6) is -1.06. The maximum atomic E-state index is 13.9. The predicted octanol–water partition coefficient (Wildman–Crippen LogP) is 4.24. The maximum Gasteiger partial charge on any atom is 0.256 e. The van der Waals surface area contributed by atoms with Gasteiger partial charge in [0.2, 0.25) is 5.91 Å². The Morgan fingerprint density at radius 1 is 1.09 bits per heavy atom. The fourth-order valence-corrected chi connectivity index (χ4v) is 4.66. The van der Waals surface area contributed by atoms with Crippen molar-refractivity contribution < 1.29 is 23.5 Å². The zero-order chi connectivity index (χ0) is 24.5. The highest BCUT2D eigenvalue weighted by molar-refractivity contribution is 6.11. The van der Waals surface area contributed by atoms with Crippen LogP contribution in [0.5, 0.6) is 5.75 Å². The summed E-state index contributed by atoms with van der Waals surface area (Å²) in [6.45, 7) is 0.859. The van der Waals surface area contributed by atoms with Gasteiger partial charge in [-0.1, -0.05) is 24.3 Å². The summed E-state index contributed by atoms with van der Waals surface area (Å²) in [4.78, 5) is 42.5. The van der Waals surface area contributed by atoms with Crippen LogP contribution in [0, 0.1) is 5.82 Å². The van der Waals surface area contributed by atoms with Crippen LogP contribution in [0.25, 0.3) is 0 Å². The fourth-order valence-electron chi connectivity index (χ4n) is 4.66. The van der Waals surface area contributed by atoms with E-state index in [0.29, 0.717) is 35.5 Å². The van der Waals surface area contributed by atoms with Gasteiger partial charge in [0.05, 0.1) is 24.9 Å². The monoisotopic (exact) mass is 473 g/mol. The third-order valence-electron chi connectivity index (χ3n) is 6.46. The van der Waals surface area contributed by atoms with Crippen molar-refractivity contribution in [3.8, 4) is 5.75 Å². The van der Waals surface area contributed by atoms with Crippen molar-refractivity contribution in [1.29, 1.82) is 0 Å². The van der Waals surface area contributed by atoms with Gasteiger partial charge in [-0.2, -0.15) is 0 Å². The zero-order valence-electron chi connectivity index (χ0n) is 19.2. The molecule has 0 aromatic heterocycles. The zero-order valence-corrected chi connectivity index (χ0v) is 19.2. The highest BCUT2D eigenvalue weighted by Crippen LogP contribution is 2.33. The van der Waals surface area contributed by atoms with Crippen LogP contribution in [0.4, 0.5) is 15.8 Å². The molecule has 7 nitrogen and oxygen atoms in total. The number of fused-ring (bicyclic) bond motifs is 2. The van der Waals surface area contributed by atoms with Crippen LogP contribution in [0.15, 0.2) is 66.7 Å². The highest BCUT2D eigenvalue weighted by Gasteiger charge is 2.41. The molecule has 2 aliphatic heterocycles. The molecule has 2 aliphatic rings. The molecule has 1 atom stereocenters. The lowest BCUT2D eigenvalue weighted by Gasteiger charge is -2.26. The van der Waals surface area contributed by atoms with Gasteiger partial charge in [0.1, 0.15) is 6.04 Å². The van der Waals surface area contributed by atoms with Gasteiger partial charge in [-0.25, -0.2) is 4.39 Å². The molecule has 5 rings (SSSR count). The van der Waals surface area contributed by atoms with Crippen molar-refractivity contribution in [3.05, 3.63) is 89.2 Å². The molecule has 0 aliphatic carbocycles. The largest absolute Gasteiger partial charge is 0.494 e. The molecule has 3 aromatic carbocycles. The number of hydrogen-bond donors (Lipinski definition) is 1. The summed E-state index contributed by atoms with van der Waals surface area (Å²) in [6, 6.07) is 17.8. The highest BCUT2D eigenvalue weighted by atomic mass is 19.1. The number of nitrogens with zero attached hydrogens (tertiary/aromatic N) is 2. The summed E-state index contributed by atoms with van der Waals surface area (Å²) in [5, 5.41) is 2.67. The van der Waals surface area contributed by atoms with Crippen LogP contribution < -0.4 is 15.0 Å². The number of benzene rings is 3. The number of methoxy groups -OCH3 is 1. The standard InChI is InChI=1S/C27H24FN3O4/c1-35-24-13-12-19(15-21(24)28)29-25(32)18-10-8-17(9-11-18)16-31-22-6-3-2-5-20(22)26(33)30-14-4-7-23(30)27(31)34/h2-3,5-6,8-13,15,23H,4,7,14,16H2,1H3,(H,29,32)/t23-/m0/s1. The minimum atomic E-state index is -0.567. The fraction of sp³-hybridized carbons (Fsp3) is 0.222. The van der Waals surface area contributed by atoms with Crippen LogP contribution in [0.1, 0.15) is 39.1 Å². The van der Waals surface area contributed by atoms with E-state index < -0.39 is 11.9 Å². The molecule has 0 unspecified atom stereocenters. The van der Waals surface area contributed by atoms with Crippen molar-refractivity contribution in [1.82, 2.24) is 4.90 Å². The van der Waals surface area contributed by atoms with Crippen molar-refractivity contribution in [2.24, 2.45) is 0 Å². The number of carbonyl (C=O) groups excluding carboxylic acids is 3. The van der Waals surface area contributed by atoms with Crippen LogP contribution in [-0.2, 0) is 11.3 Å². The maximum absolute atomic E-state index is 13.9. The Hall–Kier alpha value is -4.20. The Kier molecular flexibility index (Phi) is 5.94. The molecule has 3 aromatic rings. The number of para-hydroxylation sites is 1. The number of ether oxygens (including phenoxy) is 1. The van der Waals surface area contributed by atoms with E-state index in [4.69, 9.17) is 4.74 Å². The van der Waals surface area contributed by atoms with E-state index in [1.807, 2.05) is 6.07 Å². The smallest absolute Gasteiger partial charge is 0.256 e. The average molecular weight is 474 g/mol. The predicted molar refractivity (Wildman–Crippen MR) is 129 cm³/mol. The minimum absolute atomic E-state index is 0.0934. The first kappa shape index (κ1) is 22.6. The lowest BCUT2D eigenvalue weighted by atomic mass is 10.1. The van der Waals surface area contributed by atoms with E-state index in [-0.39, 0.29) is 30.0 Å². The molecule has 0 saturated carbocycles. The van der Waals surface area contributed by atoms with Crippen LogP contribution in [-0.4, -0.2) is 42.3 Å². The number of halogens is 1. The number of rotatable bonds is 5. The summed E-state index contributed by atoms with van der Waals surface area (Å²) in [7, 11) is 1.37. The summed E-state index contributed by atoms with van der Waals surface area (Å²) >= 11 is 0. The number of amides is 3. The number of carbonyl (C=O) groups is 3. The molecule has 3 amide bonds. The number of hydrogen-bond acceptors (Lipinski definition) is 4. The van der Waals surface area contributed by atoms with Gasteiger partial charge >= 0.3 is 0 Å². The van der Waals surface area contributed by atoms with Gasteiger partial charge in [0.15, 0.2) is 11.6 Å². The van der Waals surface area contributed by atoms with E-state index in [0.717, 1.165) is 12.0 Å². The van der Waals surface area contributed by atoms with Crippen LogP contribution in [0.2, 0.25) is 0 Å². The second-order valence-electron chi connectivity index (χ2n) is 8.60. The lowest BCUT2D eigenvalue weighted by Crippen LogP contribution is -2.44. The molecule has 0 spiro atoms. The lowest BCUT2D eigenvalue weighted by molar-refractivity contribution is -0.122. The van der Waals surface area contributed by atoms with Crippen LogP contribution in [0.3, 0.4) is 0 Å². The molecule has 8 heteroatoms. The molecular weight excluding hydrogens is 449 g/mol. The second-order valence-corrected chi connectivity index (χ2v) is 8.60. The first-order chi connectivity index (χ1) is 17.0. The molecular formula is C27H24FN3O4. The molecule has 1 N–H and O–H groups in total. The minimum Gasteiger partial charge on any atom is -0.494 e. The van der Waals surface area contributed by atoms with Gasteiger partial charge in [-0.3, -0.25) is 14.4 Å². The Morgan fingerprint density at radius 2 is 1.86 bits per heavy atom. The van der Waals surface area contributed by atoms with Crippen molar-refractivity contribution in [3.63, 3.8) is 0 Å². The second kappa shape index (κ2) is 9.21. The first-order valence-corrected chi connectivity index (χ1v) is 11.4.